The van der Waals surface area contributed by atoms with E-state index in [4.69, 9.17) is 11.6 Å². The minimum absolute atomic E-state index is 0.158. The molecule has 0 saturated carbocycles. The summed E-state index contributed by atoms with van der Waals surface area (Å²) in [6.45, 7) is 6.71. The Bertz CT molecular complexity index is 1180. The van der Waals surface area contributed by atoms with Gasteiger partial charge in [-0.15, -0.1) is 11.3 Å². The number of carbonyl (C=O) groups is 2. The zero-order valence-electron chi connectivity index (χ0n) is 18.8. The Morgan fingerprint density at radius 3 is 2.30 bits per heavy atom. The number of benzene rings is 2. The Labute approximate surface area is 202 Å². The molecular formula is C26H26ClFN2O2S. The number of amides is 2. The van der Waals surface area contributed by atoms with Crippen molar-refractivity contribution in [3.63, 3.8) is 0 Å². The highest BCUT2D eigenvalue weighted by Gasteiger charge is 2.34. The second kappa shape index (κ2) is 9.27. The summed E-state index contributed by atoms with van der Waals surface area (Å²) < 4.78 is 13.3. The summed E-state index contributed by atoms with van der Waals surface area (Å²) in [5, 5.41) is 6.95. The van der Waals surface area contributed by atoms with Crippen LogP contribution in [0.3, 0.4) is 0 Å². The van der Waals surface area contributed by atoms with Crippen LogP contribution < -0.4 is 10.6 Å². The molecule has 1 aromatic heterocycles. The van der Waals surface area contributed by atoms with Gasteiger partial charge < -0.3 is 10.6 Å². The van der Waals surface area contributed by atoms with E-state index in [0.717, 1.165) is 29.7 Å². The Morgan fingerprint density at radius 2 is 1.67 bits per heavy atom. The van der Waals surface area contributed by atoms with Gasteiger partial charge in [-0.3, -0.25) is 9.59 Å². The molecule has 0 unspecified atom stereocenters. The molecule has 33 heavy (non-hydrogen) atoms. The SMILES string of the molecule is CC(C)(C)[C@@H]1CCc2c(sc(NC(=O)c3ccc(F)cc3)c2C(=O)Nc2ccc(Cl)cc2)C1. The van der Waals surface area contributed by atoms with E-state index in [1.165, 1.54) is 35.6 Å². The maximum Gasteiger partial charge on any atom is 0.258 e. The van der Waals surface area contributed by atoms with Gasteiger partial charge >= 0.3 is 0 Å². The van der Waals surface area contributed by atoms with Crippen LogP contribution in [-0.2, 0) is 12.8 Å². The highest BCUT2D eigenvalue weighted by molar-refractivity contribution is 7.17. The lowest BCUT2D eigenvalue weighted by atomic mass is 9.72. The molecule has 4 rings (SSSR count). The highest BCUT2D eigenvalue weighted by Crippen LogP contribution is 2.44. The van der Waals surface area contributed by atoms with Crippen molar-refractivity contribution < 1.29 is 14.0 Å². The van der Waals surface area contributed by atoms with Gasteiger partial charge in [-0.25, -0.2) is 4.39 Å². The Kier molecular flexibility index (Phi) is 6.59. The van der Waals surface area contributed by atoms with Crippen LogP contribution in [0.2, 0.25) is 5.02 Å². The predicted molar refractivity (Wildman–Crippen MR) is 133 cm³/mol. The molecule has 0 aliphatic heterocycles. The number of hydrogen-bond acceptors (Lipinski definition) is 3. The Hall–Kier alpha value is -2.70. The van der Waals surface area contributed by atoms with Crippen LogP contribution in [0.1, 0.15) is 58.3 Å². The van der Waals surface area contributed by atoms with E-state index in [0.29, 0.717) is 32.8 Å². The lowest BCUT2D eigenvalue weighted by Crippen LogP contribution is -2.27. The maximum atomic E-state index is 13.4. The van der Waals surface area contributed by atoms with Gasteiger partial charge in [0.2, 0.25) is 0 Å². The first-order valence-corrected chi connectivity index (χ1v) is 12.1. The van der Waals surface area contributed by atoms with Crippen LogP contribution in [0.5, 0.6) is 0 Å². The van der Waals surface area contributed by atoms with Crippen LogP contribution >= 0.6 is 22.9 Å². The van der Waals surface area contributed by atoms with E-state index in [1.807, 2.05) is 0 Å². The van der Waals surface area contributed by atoms with Gasteiger partial charge in [-0.05, 0) is 84.7 Å². The first kappa shape index (κ1) is 23.5. The molecule has 4 nitrogen and oxygen atoms in total. The van der Waals surface area contributed by atoms with Gasteiger partial charge in [-0.2, -0.15) is 0 Å². The van der Waals surface area contributed by atoms with Crippen molar-refractivity contribution in [2.24, 2.45) is 11.3 Å². The molecule has 2 amide bonds. The lowest BCUT2D eigenvalue weighted by molar-refractivity contribution is 0.102. The largest absolute Gasteiger partial charge is 0.322 e. The van der Waals surface area contributed by atoms with E-state index >= 15 is 0 Å². The lowest BCUT2D eigenvalue weighted by Gasteiger charge is -2.33. The number of carbonyl (C=O) groups excluding carboxylic acids is 2. The van der Waals surface area contributed by atoms with Crippen molar-refractivity contribution in [2.75, 3.05) is 10.6 Å². The molecular weight excluding hydrogens is 459 g/mol. The molecule has 1 atom stereocenters. The average Bonchev–Trinajstić information content (AvgIpc) is 3.12. The van der Waals surface area contributed by atoms with E-state index in [-0.39, 0.29) is 17.2 Å². The molecule has 1 aliphatic carbocycles. The quantitative estimate of drug-likeness (QED) is 0.411. The summed E-state index contributed by atoms with van der Waals surface area (Å²) in [5.74, 6) is -0.550. The van der Waals surface area contributed by atoms with Gasteiger partial charge in [0.25, 0.3) is 11.8 Å². The molecule has 3 aromatic rings. The molecule has 0 saturated heterocycles. The zero-order chi connectivity index (χ0) is 23.8. The molecule has 7 heteroatoms. The van der Waals surface area contributed by atoms with Gasteiger partial charge in [0.05, 0.1) is 5.56 Å². The minimum atomic E-state index is -0.408. The van der Waals surface area contributed by atoms with Crippen LogP contribution in [-0.4, -0.2) is 11.8 Å². The van der Waals surface area contributed by atoms with Gasteiger partial charge in [0.1, 0.15) is 10.8 Å². The van der Waals surface area contributed by atoms with E-state index in [2.05, 4.69) is 31.4 Å². The number of thiophene rings is 1. The van der Waals surface area contributed by atoms with Crippen LogP contribution in [0.25, 0.3) is 0 Å². The van der Waals surface area contributed by atoms with Crippen LogP contribution in [0.15, 0.2) is 48.5 Å². The number of nitrogens with one attached hydrogen (secondary N) is 2. The first-order valence-electron chi connectivity index (χ1n) is 10.9. The maximum absolute atomic E-state index is 13.4. The second-order valence-corrected chi connectivity index (χ2v) is 11.0. The van der Waals surface area contributed by atoms with Gasteiger partial charge in [0.15, 0.2) is 0 Å². The monoisotopic (exact) mass is 484 g/mol. The molecule has 172 valence electrons. The molecule has 1 aliphatic rings. The van der Waals surface area contributed by atoms with Crippen molar-refractivity contribution >= 4 is 45.4 Å². The molecule has 0 radical (unpaired) electrons. The van der Waals surface area contributed by atoms with Crippen molar-refractivity contribution in [2.45, 2.75) is 40.0 Å². The fourth-order valence-corrected chi connectivity index (χ4v) is 5.60. The van der Waals surface area contributed by atoms with E-state index in [1.54, 1.807) is 24.3 Å². The number of halogens is 2. The molecule has 0 spiro atoms. The fourth-order valence-electron chi connectivity index (χ4n) is 4.16. The van der Waals surface area contributed by atoms with E-state index in [9.17, 15) is 14.0 Å². The normalized spacial score (nSPS) is 15.6. The number of fused-ring (bicyclic) bond motifs is 1. The number of hydrogen-bond donors (Lipinski definition) is 2. The number of rotatable bonds is 4. The summed E-state index contributed by atoms with van der Waals surface area (Å²) in [5.41, 5.74) is 2.63. The van der Waals surface area contributed by atoms with E-state index < -0.39 is 5.82 Å². The van der Waals surface area contributed by atoms with Crippen molar-refractivity contribution in [1.29, 1.82) is 0 Å². The van der Waals surface area contributed by atoms with Crippen LogP contribution in [0.4, 0.5) is 15.1 Å². The van der Waals surface area contributed by atoms with Crippen molar-refractivity contribution in [3.8, 4) is 0 Å². The zero-order valence-corrected chi connectivity index (χ0v) is 20.4. The van der Waals surface area contributed by atoms with Gasteiger partial charge in [-0.1, -0.05) is 32.4 Å². The third kappa shape index (κ3) is 5.28. The smallest absolute Gasteiger partial charge is 0.258 e. The third-order valence-electron chi connectivity index (χ3n) is 6.15. The fraction of sp³-hybridized carbons (Fsp3) is 0.308. The highest BCUT2D eigenvalue weighted by atomic mass is 35.5. The summed E-state index contributed by atoms with van der Waals surface area (Å²) in [4.78, 5) is 27.4. The van der Waals surface area contributed by atoms with Crippen molar-refractivity contribution in [3.05, 3.63) is 80.9 Å². The molecule has 0 fully saturated rings. The molecule has 2 N–H and O–H groups in total. The van der Waals surface area contributed by atoms with Gasteiger partial charge in [0, 0.05) is 21.2 Å². The summed E-state index contributed by atoms with van der Waals surface area (Å²) >= 11 is 7.42. The molecule has 2 aromatic carbocycles. The second-order valence-electron chi connectivity index (χ2n) is 9.44. The summed E-state index contributed by atoms with van der Waals surface area (Å²) in [6, 6.07) is 12.3. The minimum Gasteiger partial charge on any atom is -0.322 e. The van der Waals surface area contributed by atoms with Crippen molar-refractivity contribution in [1.82, 2.24) is 0 Å². The Balaban J connectivity index is 1.67. The molecule has 1 heterocycles. The summed E-state index contributed by atoms with van der Waals surface area (Å²) in [7, 11) is 0. The molecule has 0 bridgehead atoms. The topological polar surface area (TPSA) is 58.2 Å². The standard InChI is InChI=1S/C26H26ClFN2O2S/c1-26(2,3)16-6-13-20-21(14-16)33-25(30-23(31)15-4-9-18(28)10-5-15)22(20)24(32)29-19-11-7-17(27)8-12-19/h4-5,7-12,16H,6,13-14H2,1-3H3,(H,29,32)(H,30,31)/t16-/m1/s1. The predicted octanol–water partition coefficient (Wildman–Crippen LogP) is 7.20. The third-order valence-corrected chi connectivity index (χ3v) is 7.57. The Morgan fingerprint density at radius 1 is 1.00 bits per heavy atom. The average molecular weight is 485 g/mol. The first-order chi connectivity index (χ1) is 15.6. The van der Waals surface area contributed by atoms with Crippen LogP contribution in [0, 0.1) is 17.2 Å². The summed E-state index contributed by atoms with van der Waals surface area (Å²) in [6.07, 6.45) is 2.64. The number of anilines is 2.